The summed E-state index contributed by atoms with van der Waals surface area (Å²) in [4.78, 5) is 25.7. The molecule has 34 heavy (non-hydrogen) atoms. The first-order valence-corrected chi connectivity index (χ1v) is 11.1. The third kappa shape index (κ3) is 4.30. The number of phenolic OH excluding ortho intramolecular Hbond substituents is 1. The number of carbonyl (C=O) groups is 1. The number of halogens is 3. The van der Waals surface area contributed by atoms with Crippen molar-refractivity contribution in [1.29, 1.82) is 0 Å². The van der Waals surface area contributed by atoms with Gasteiger partial charge in [0, 0.05) is 50.4 Å². The molecular formula is C25H23F3N4O2. The smallest absolute Gasteiger partial charge is 0.416 e. The van der Waals surface area contributed by atoms with E-state index in [-0.39, 0.29) is 17.5 Å². The first-order chi connectivity index (χ1) is 16.3. The Hall–Kier alpha value is -3.62. The molecule has 1 aliphatic carbocycles. The number of rotatable bonds is 3. The van der Waals surface area contributed by atoms with Crippen LogP contribution >= 0.6 is 0 Å². The predicted octanol–water partition coefficient (Wildman–Crippen LogP) is 4.44. The number of alkyl halides is 3. The van der Waals surface area contributed by atoms with Gasteiger partial charge in [0.1, 0.15) is 5.75 Å². The summed E-state index contributed by atoms with van der Waals surface area (Å²) in [7, 11) is 0. The van der Waals surface area contributed by atoms with Crippen LogP contribution < -0.4 is 9.80 Å². The summed E-state index contributed by atoms with van der Waals surface area (Å²) in [6.45, 7) is 2.15. The van der Waals surface area contributed by atoms with Gasteiger partial charge in [0.25, 0.3) is 0 Å². The normalized spacial score (nSPS) is 18.7. The van der Waals surface area contributed by atoms with Crippen LogP contribution in [0.5, 0.6) is 5.75 Å². The molecule has 0 radical (unpaired) electrons. The van der Waals surface area contributed by atoms with Crippen LogP contribution in [0.25, 0.3) is 0 Å². The first-order valence-electron chi connectivity index (χ1n) is 11.1. The van der Waals surface area contributed by atoms with E-state index in [2.05, 4.69) is 9.97 Å². The number of Topliss-reactive ketones (excluding diaryl/α,β-unsaturated/α-hetero) is 1. The molecule has 0 unspecified atom stereocenters. The second-order valence-corrected chi connectivity index (χ2v) is 8.64. The zero-order valence-corrected chi connectivity index (χ0v) is 18.3. The number of piperazine rings is 1. The molecule has 9 heteroatoms. The van der Waals surface area contributed by atoms with E-state index in [0.717, 1.165) is 11.6 Å². The van der Waals surface area contributed by atoms with Crippen molar-refractivity contribution in [3.05, 3.63) is 77.1 Å². The molecule has 0 amide bonds. The average molecular weight is 468 g/mol. The van der Waals surface area contributed by atoms with Gasteiger partial charge in [-0.25, -0.2) is 9.97 Å². The number of fused-ring (bicyclic) bond motifs is 1. The van der Waals surface area contributed by atoms with Crippen molar-refractivity contribution in [3.63, 3.8) is 0 Å². The Morgan fingerprint density at radius 3 is 2.41 bits per heavy atom. The molecule has 1 aliphatic heterocycles. The van der Waals surface area contributed by atoms with Gasteiger partial charge in [0.2, 0.25) is 5.95 Å². The highest BCUT2D eigenvalue weighted by Crippen LogP contribution is 2.36. The number of ketones is 1. The second-order valence-electron chi connectivity index (χ2n) is 8.64. The molecular weight excluding hydrogens is 445 g/mol. The number of para-hydroxylation sites is 1. The van der Waals surface area contributed by atoms with E-state index in [9.17, 15) is 23.1 Å². The second kappa shape index (κ2) is 8.62. The lowest BCUT2D eigenvalue weighted by atomic mass is 9.82. The first kappa shape index (κ1) is 22.2. The van der Waals surface area contributed by atoms with Crippen LogP contribution in [0.15, 0.2) is 54.7 Å². The minimum Gasteiger partial charge on any atom is -0.508 e. The Bertz CT molecular complexity index is 1220. The minimum atomic E-state index is -4.37. The van der Waals surface area contributed by atoms with Crippen molar-refractivity contribution in [1.82, 2.24) is 9.97 Å². The number of benzene rings is 2. The van der Waals surface area contributed by atoms with Gasteiger partial charge in [-0.3, -0.25) is 4.79 Å². The van der Waals surface area contributed by atoms with Gasteiger partial charge < -0.3 is 14.9 Å². The Morgan fingerprint density at radius 1 is 0.941 bits per heavy atom. The molecule has 6 nitrogen and oxygen atoms in total. The Balaban J connectivity index is 1.31. The lowest BCUT2D eigenvalue weighted by molar-refractivity contribution is -0.137. The topological polar surface area (TPSA) is 69.6 Å². The van der Waals surface area contributed by atoms with Crippen molar-refractivity contribution in [2.45, 2.75) is 24.9 Å². The number of nitrogens with zero attached hydrogens (tertiary/aromatic N) is 4. The van der Waals surface area contributed by atoms with E-state index in [1.165, 1.54) is 12.1 Å². The maximum Gasteiger partial charge on any atom is 0.416 e. The number of hydrogen-bond donors (Lipinski definition) is 1. The number of hydrogen-bond acceptors (Lipinski definition) is 6. The molecule has 1 fully saturated rings. The van der Waals surface area contributed by atoms with Gasteiger partial charge in [0.05, 0.1) is 16.8 Å². The standard InChI is InChI=1S/C25H23F3N4O2/c26-25(27,28)17-4-3-5-18(14-17)31-8-10-32(11-9-31)24-29-15-20-21(30-24)12-16(13-23(20)34)19-6-1-2-7-22(19)33/h1-7,14-16,33H,8-13H2/t16-/m1/s1. The molecule has 3 aromatic rings. The van der Waals surface area contributed by atoms with Crippen molar-refractivity contribution < 1.29 is 23.1 Å². The molecule has 2 heterocycles. The summed E-state index contributed by atoms with van der Waals surface area (Å²) in [5.41, 5.74) is 1.79. The molecule has 1 saturated heterocycles. The summed E-state index contributed by atoms with van der Waals surface area (Å²) < 4.78 is 39.2. The van der Waals surface area contributed by atoms with Crippen LogP contribution in [-0.2, 0) is 12.6 Å². The maximum atomic E-state index is 13.1. The van der Waals surface area contributed by atoms with Crippen LogP contribution in [-0.4, -0.2) is 47.0 Å². The monoisotopic (exact) mass is 468 g/mol. The highest BCUT2D eigenvalue weighted by Gasteiger charge is 2.32. The molecule has 1 atom stereocenters. The largest absolute Gasteiger partial charge is 0.508 e. The van der Waals surface area contributed by atoms with E-state index < -0.39 is 11.7 Å². The van der Waals surface area contributed by atoms with E-state index in [1.54, 1.807) is 24.4 Å². The number of anilines is 2. The number of carbonyl (C=O) groups excluding carboxylic acids is 1. The van der Waals surface area contributed by atoms with Gasteiger partial charge in [-0.1, -0.05) is 24.3 Å². The minimum absolute atomic E-state index is 0.0459. The Kier molecular flexibility index (Phi) is 5.63. The SMILES string of the molecule is O=C1C[C@H](c2ccccc2O)Cc2nc(N3CCN(c4cccc(C(F)(F)F)c4)CC3)ncc21. The van der Waals surface area contributed by atoms with Crippen LogP contribution in [0, 0.1) is 0 Å². The van der Waals surface area contributed by atoms with Crippen molar-refractivity contribution >= 4 is 17.4 Å². The summed E-state index contributed by atoms with van der Waals surface area (Å²) in [5, 5.41) is 10.2. The molecule has 2 aromatic carbocycles. The molecule has 2 aliphatic rings. The van der Waals surface area contributed by atoms with Gasteiger partial charge in [-0.05, 0) is 36.2 Å². The van der Waals surface area contributed by atoms with E-state index in [0.29, 0.717) is 61.9 Å². The molecule has 5 rings (SSSR count). The fourth-order valence-corrected chi connectivity index (χ4v) is 4.68. The Labute approximate surface area is 194 Å². The molecule has 0 spiro atoms. The zero-order chi connectivity index (χ0) is 23.9. The third-order valence-corrected chi connectivity index (χ3v) is 6.50. The molecule has 0 bridgehead atoms. The highest BCUT2D eigenvalue weighted by atomic mass is 19.4. The van der Waals surface area contributed by atoms with E-state index in [1.807, 2.05) is 21.9 Å². The fraction of sp³-hybridized carbons (Fsp3) is 0.320. The maximum absolute atomic E-state index is 13.1. The summed E-state index contributed by atoms with van der Waals surface area (Å²) >= 11 is 0. The van der Waals surface area contributed by atoms with Crippen LogP contribution in [0.1, 0.15) is 39.5 Å². The molecule has 0 saturated carbocycles. The average Bonchev–Trinajstić information content (AvgIpc) is 2.83. The zero-order valence-electron chi connectivity index (χ0n) is 18.3. The highest BCUT2D eigenvalue weighted by molar-refractivity contribution is 5.98. The predicted molar refractivity (Wildman–Crippen MR) is 121 cm³/mol. The number of aromatic nitrogens is 2. The lowest BCUT2D eigenvalue weighted by Gasteiger charge is -2.36. The van der Waals surface area contributed by atoms with Crippen molar-refractivity contribution in [3.8, 4) is 5.75 Å². The van der Waals surface area contributed by atoms with Gasteiger partial charge in [0.15, 0.2) is 5.78 Å². The lowest BCUT2D eigenvalue weighted by Crippen LogP contribution is -2.47. The van der Waals surface area contributed by atoms with Gasteiger partial charge in [-0.2, -0.15) is 13.2 Å². The van der Waals surface area contributed by atoms with Gasteiger partial charge in [-0.15, -0.1) is 0 Å². The number of aromatic hydroxyl groups is 1. The molecule has 176 valence electrons. The van der Waals surface area contributed by atoms with Gasteiger partial charge >= 0.3 is 6.18 Å². The number of phenols is 1. The summed E-state index contributed by atoms with van der Waals surface area (Å²) in [6.07, 6.45) is -1.98. The third-order valence-electron chi connectivity index (χ3n) is 6.50. The van der Waals surface area contributed by atoms with Crippen LogP contribution in [0.3, 0.4) is 0 Å². The van der Waals surface area contributed by atoms with Crippen molar-refractivity contribution in [2.75, 3.05) is 36.0 Å². The fourth-order valence-electron chi connectivity index (χ4n) is 4.68. The quantitative estimate of drug-likeness (QED) is 0.613. The van der Waals surface area contributed by atoms with E-state index in [4.69, 9.17) is 0 Å². The van der Waals surface area contributed by atoms with Crippen LogP contribution in [0.2, 0.25) is 0 Å². The Morgan fingerprint density at radius 2 is 1.68 bits per heavy atom. The summed E-state index contributed by atoms with van der Waals surface area (Å²) in [6, 6.07) is 12.4. The van der Waals surface area contributed by atoms with E-state index >= 15 is 0 Å². The summed E-state index contributed by atoms with van der Waals surface area (Å²) in [5.74, 6) is 0.481. The van der Waals surface area contributed by atoms with Crippen LogP contribution in [0.4, 0.5) is 24.8 Å². The molecule has 1 N–H and O–H groups in total. The molecule has 1 aromatic heterocycles. The van der Waals surface area contributed by atoms with Crippen molar-refractivity contribution in [2.24, 2.45) is 0 Å².